The fraction of sp³-hybridized carbons (Fsp3) is 0.250. The summed E-state index contributed by atoms with van der Waals surface area (Å²) in [6.45, 7) is 1.89. The Morgan fingerprint density at radius 2 is 1.96 bits per heavy atom. The number of hydrogen-bond donors (Lipinski definition) is 1. The zero-order valence-electron chi connectivity index (χ0n) is 14.8. The van der Waals surface area contributed by atoms with Gasteiger partial charge in [-0.25, -0.2) is 0 Å². The van der Waals surface area contributed by atoms with Gasteiger partial charge in [-0.1, -0.05) is 64.8 Å². The molecule has 7 heteroatoms. The fourth-order valence-electron chi connectivity index (χ4n) is 2.71. The van der Waals surface area contributed by atoms with Crippen molar-refractivity contribution < 1.29 is 9.32 Å². The van der Waals surface area contributed by atoms with Gasteiger partial charge in [-0.3, -0.25) is 4.79 Å². The quantitative estimate of drug-likeness (QED) is 0.585. The third-order valence-electron chi connectivity index (χ3n) is 4.10. The lowest BCUT2D eigenvalue weighted by Crippen LogP contribution is -2.26. The van der Waals surface area contributed by atoms with Crippen LogP contribution in [0.1, 0.15) is 37.3 Å². The third kappa shape index (κ3) is 5.31. The topological polar surface area (TPSA) is 68.0 Å². The number of halogens is 2. The molecule has 27 heavy (non-hydrogen) atoms. The minimum Gasteiger partial charge on any atom is -0.350 e. The van der Waals surface area contributed by atoms with E-state index in [0.29, 0.717) is 41.0 Å². The lowest BCUT2D eigenvalue weighted by molar-refractivity contribution is -0.121. The van der Waals surface area contributed by atoms with Crippen LogP contribution in [-0.4, -0.2) is 16.0 Å². The smallest absolute Gasteiger partial charge is 0.226 e. The van der Waals surface area contributed by atoms with Gasteiger partial charge in [-0.15, -0.1) is 0 Å². The van der Waals surface area contributed by atoms with Crippen LogP contribution in [0.4, 0.5) is 0 Å². The first-order chi connectivity index (χ1) is 13.0. The molecule has 0 fully saturated rings. The number of rotatable bonds is 7. The van der Waals surface area contributed by atoms with Gasteiger partial charge in [0.2, 0.25) is 17.6 Å². The van der Waals surface area contributed by atoms with E-state index in [1.54, 1.807) is 12.1 Å². The minimum atomic E-state index is -0.199. The molecule has 0 aliphatic carbocycles. The SMILES string of the molecule is CC(NC(=O)CCCc1nc(-c2ccccc2)no1)c1ccc(Cl)cc1Cl. The average Bonchev–Trinajstić information content (AvgIpc) is 3.11. The zero-order chi connectivity index (χ0) is 19.2. The van der Waals surface area contributed by atoms with E-state index in [9.17, 15) is 4.79 Å². The second-order valence-electron chi connectivity index (χ2n) is 6.19. The van der Waals surface area contributed by atoms with Crippen molar-refractivity contribution in [3.8, 4) is 11.4 Å². The van der Waals surface area contributed by atoms with Crippen LogP contribution in [0.3, 0.4) is 0 Å². The Bertz CT molecular complexity index is 913. The molecule has 0 saturated heterocycles. The zero-order valence-corrected chi connectivity index (χ0v) is 16.3. The normalized spacial score (nSPS) is 12.0. The minimum absolute atomic E-state index is 0.0590. The molecule has 0 spiro atoms. The van der Waals surface area contributed by atoms with Gasteiger partial charge in [-0.05, 0) is 31.0 Å². The lowest BCUT2D eigenvalue weighted by atomic mass is 10.1. The number of carbonyl (C=O) groups is 1. The van der Waals surface area contributed by atoms with Crippen LogP contribution in [0.25, 0.3) is 11.4 Å². The third-order valence-corrected chi connectivity index (χ3v) is 4.66. The number of hydrogen-bond acceptors (Lipinski definition) is 4. The lowest BCUT2D eigenvalue weighted by Gasteiger charge is -2.15. The van der Waals surface area contributed by atoms with Gasteiger partial charge in [0.05, 0.1) is 6.04 Å². The Morgan fingerprint density at radius 1 is 1.19 bits per heavy atom. The largest absolute Gasteiger partial charge is 0.350 e. The molecule has 1 heterocycles. The van der Waals surface area contributed by atoms with Crippen LogP contribution in [0.2, 0.25) is 10.0 Å². The van der Waals surface area contributed by atoms with Crippen LogP contribution in [0.15, 0.2) is 53.1 Å². The fourth-order valence-corrected chi connectivity index (χ4v) is 3.28. The molecule has 1 atom stereocenters. The number of nitrogens with zero attached hydrogens (tertiary/aromatic N) is 2. The number of amides is 1. The Balaban J connectivity index is 1.48. The van der Waals surface area contributed by atoms with Crippen LogP contribution in [0.5, 0.6) is 0 Å². The van der Waals surface area contributed by atoms with Crippen molar-refractivity contribution >= 4 is 29.1 Å². The van der Waals surface area contributed by atoms with Crippen molar-refractivity contribution in [3.05, 3.63) is 70.0 Å². The summed E-state index contributed by atoms with van der Waals surface area (Å²) in [7, 11) is 0. The van der Waals surface area contributed by atoms with E-state index in [4.69, 9.17) is 27.7 Å². The summed E-state index contributed by atoms with van der Waals surface area (Å²) in [5, 5.41) is 8.02. The van der Waals surface area contributed by atoms with Crippen molar-refractivity contribution in [2.45, 2.75) is 32.2 Å². The maximum atomic E-state index is 12.2. The number of nitrogens with one attached hydrogen (secondary N) is 1. The van der Waals surface area contributed by atoms with Crippen molar-refractivity contribution in [2.75, 3.05) is 0 Å². The molecular formula is C20H19Cl2N3O2. The highest BCUT2D eigenvalue weighted by Crippen LogP contribution is 2.26. The Hall–Kier alpha value is -2.37. The number of benzene rings is 2. The maximum absolute atomic E-state index is 12.2. The van der Waals surface area contributed by atoms with Gasteiger partial charge in [0.15, 0.2) is 0 Å². The molecule has 3 rings (SSSR count). The summed E-state index contributed by atoms with van der Waals surface area (Å²) < 4.78 is 5.26. The summed E-state index contributed by atoms with van der Waals surface area (Å²) in [6, 6.07) is 14.7. The van der Waals surface area contributed by atoms with Crippen LogP contribution >= 0.6 is 23.2 Å². The summed E-state index contributed by atoms with van der Waals surface area (Å²) in [6.07, 6.45) is 1.52. The highest BCUT2D eigenvalue weighted by atomic mass is 35.5. The molecular weight excluding hydrogens is 385 g/mol. The second kappa shape index (κ2) is 9.02. The van der Waals surface area contributed by atoms with E-state index in [2.05, 4.69) is 15.5 Å². The number of aryl methyl sites for hydroxylation is 1. The van der Waals surface area contributed by atoms with Gasteiger partial charge < -0.3 is 9.84 Å². The van der Waals surface area contributed by atoms with Gasteiger partial charge >= 0.3 is 0 Å². The second-order valence-corrected chi connectivity index (χ2v) is 7.03. The molecule has 1 aromatic heterocycles. The van der Waals surface area contributed by atoms with E-state index in [1.807, 2.05) is 43.3 Å². The van der Waals surface area contributed by atoms with E-state index in [0.717, 1.165) is 11.1 Å². The molecule has 2 aromatic carbocycles. The van der Waals surface area contributed by atoms with E-state index >= 15 is 0 Å². The van der Waals surface area contributed by atoms with Gasteiger partial charge in [0.1, 0.15) is 0 Å². The Kier molecular flexibility index (Phi) is 6.48. The molecule has 0 radical (unpaired) electrons. The van der Waals surface area contributed by atoms with Crippen LogP contribution in [-0.2, 0) is 11.2 Å². The summed E-state index contributed by atoms with van der Waals surface area (Å²) in [4.78, 5) is 16.5. The summed E-state index contributed by atoms with van der Waals surface area (Å²) in [5.74, 6) is 1.02. The summed E-state index contributed by atoms with van der Waals surface area (Å²) in [5.41, 5.74) is 1.73. The van der Waals surface area contributed by atoms with Gasteiger partial charge in [0, 0.05) is 28.5 Å². The Morgan fingerprint density at radius 3 is 2.70 bits per heavy atom. The van der Waals surface area contributed by atoms with Gasteiger partial charge in [0.25, 0.3) is 0 Å². The maximum Gasteiger partial charge on any atom is 0.226 e. The molecule has 1 N–H and O–H groups in total. The van der Waals surface area contributed by atoms with Crippen LogP contribution < -0.4 is 5.32 Å². The molecule has 3 aromatic rings. The average molecular weight is 404 g/mol. The Labute approximate surface area is 167 Å². The standard InChI is InChI=1S/C20H19Cl2N3O2/c1-13(16-11-10-15(21)12-17(16)22)23-18(26)8-5-9-19-24-20(25-27-19)14-6-3-2-4-7-14/h2-4,6-7,10-13H,5,8-9H2,1H3,(H,23,26). The molecule has 0 saturated carbocycles. The first-order valence-corrected chi connectivity index (χ1v) is 9.41. The highest BCUT2D eigenvalue weighted by molar-refractivity contribution is 6.35. The molecule has 0 aliphatic rings. The van der Waals surface area contributed by atoms with E-state index < -0.39 is 0 Å². The molecule has 0 bridgehead atoms. The predicted molar refractivity (Wildman–Crippen MR) is 106 cm³/mol. The molecule has 1 unspecified atom stereocenters. The van der Waals surface area contributed by atoms with Crippen molar-refractivity contribution in [1.29, 1.82) is 0 Å². The van der Waals surface area contributed by atoms with Crippen molar-refractivity contribution in [1.82, 2.24) is 15.5 Å². The molecule has 140 valence electrons. The highest BCUT2D eigenvalue weighted by Gasteiger charge is 2.14. The summed E-state index contributed by atoms with van der Waals surface area (Å²) >= 11 is 12.1. The predicted octanol–water partition coefficient (Wildman–Crippen LogP) is 5.24. The molecule has 1 amide bonds. The van der Waals surface area contributed by atoms with Crippen LogP contribution in [0, 0.1) is 0 Å². The molecule has 5 nitrogen and oxygen atoms in total. The number of carbonyl (C=O) groups excluding carboxylic acids is 1. The first kappa shape index (κ1) is 19.4. The van der Waals surface area contributed by atoms with Crippen molar-refractivity contribution in [3.63, 3.8) is 0 Å². The monoisotopic (exact) mass is 403 g/mol. The first-order valence-electron chi connectivity index (χ1n) is 8.65. The molecule has 0 aliphatic heterocycles. The number of aromatic nitrogens is 2. The van der Waals surface area contributed by atoms with Crippen molar-refractivity contribution in [2.24, 2.45) is 0 Å². The van der Waals surface area contributed by atoms with Gasteiger partial charge in [-0.2, -0.15) is 4.98 Å². The van der Waals surface area contributed by atoms with E-state index in [1.165, 1.54) is 0 Å². The van der Waals surface area contributed by atoms with E-state index in [-0.39, 0.29) is 11.9 Å².